The van der Waals surface area contributed by atoms with E-state index in [2.05, 4.69) is 30.9 Å². The monoisotopic (exact) mass is 525 g/mol. The van der Waals surface area contributed by atoms with Crippen LogP contribution in [0.25, 0.3) is 11.4 Å². The molecule has 0 saturated heterocycles. The summed E-state index contributed by atoms with van der Waals surface area (Å²) in [5, 5.41) is 13.9. The molecule has 3 saturated carbocycles. The highest BCUT2D eigenvalue weighted by molar-refractivity contribution is 6.30. The largest absolute Gasteiger partial charge is 0.469 e. The molecule has 2 N–H and O–H groups in total. The van der Waals surface area contributed by atoms with Crippen molar-refractivity contribution in [1.29, 1.82) is 0 Å². The molecular formula is C24H24ClN7O5. The number of amides is 2. The van der Waals surface area contributed by atoms with Gasteiger partial charge in [0.05, 0.1) is 23.8 Å². The molecule has 0 radical (unpaired) electrons. The van der Waals surface area contributed by atoms with E-state index < -0.39 is 17.6 Å². The second-order valence-electron chi connectivity index (χ2n) is 9.44. The summed E-state index contributed by atoms with van der Waals surface area (Å²) >= 11 is 6.08. The van der Waals surface area contributed by atoms with Gasteiger partial charge in [-0.05, 0) is 44.4 Å². The van der Waals surface area contributed by atoms with Crippen LogP contribution >= 0.6 is 11.6 Å². The van der Waals surface area contributed by atoms with Gasteiger partial charge in [0.1, 0.15) is 11.3 Å². The maximum atomic E-state index is 12.7. The summed E-state index contributed by atoms with van der Waals surface area (Å²) in [6, 6.07) is 6.65. The Bertz CT molecular complexity index is 1370. The van der Waals surface area contributed by atoms with Gasteiger partial charge in [0.15, 0.2) is 11.5 Å². The zero-order valence-electron chi connectivity index (χ0n) is 20.3. The lowest BCUT2D eigenvalue weighted by Gasteiger charge is -2.68. The predicted octanol–water partition coefficient (Wildman–Crippen LogP) is 3.06. The van der Waals surface area contributed by atoms with E-state index in [0.29, 0.717) is 41.8 Å². The Morgan fingerprint density at radius 1 is 1.16 bits per heavy atom. The van der Waals surface area contributed by atoms with Crippen molar-refractivity contribution in [2.45, 2.75) is 37.8 Å². The van der Waals surface area contributed by atoms with Crippen LogP contribution in [-0.2, 0) is 21.3 Å². The van der Waals surface area contributed by atoms with Crippen LogP contribution in [0.4, 0.5) is 10.6 Å². The van der Waals surface area contributed by atoms with Crippen molar-refractivity contribution < 1.29 is 23.9 Å². The molecule has 3 aliphatic rings. The number of aryl methyl sites for hydroxylation is 1. The van der Waals surface area contributed by atoms with Crippen LogP contribution in [0.15, 0.2) is 36.7 Å². The van der Waals surface area contributed by atoms with E-state index in [9.17, 15) is 14.4 Å². The van der Waals surface area contributed by atoms with E-state index >= 15 is 0 Å². The highest BCUT2D eigenvalue weighted by Crippen LogP contribution is 2.67. The number of anilines is 1. The number of methoxy groups -OCH3 is 1. The molecule has 3 aromatic rings. The summed E-state index contributed by atoms with van der Waals surface area (Å²) in [5.41, 5.74) is 0.834. The van der Waals surface area contributed by atoms with E-state index in [-0.39, 0.29) is 28.4 Å². The molecule has 1 atom stereocenters. The van der Waals surface area contributed by atoms with Gasteiger partial charge < -0.3 is 14.8 Å². The first kappa shape index (κ1) is 24.6. The summed E-state index contributed by atoms with van der Waals surface area (Å²) < 4.78 is 11.7. The quantitative estimate of drug-likeness (QED) is 0.350. The molecule has 3 heterocycles. The number of carbonyl (C=O) groups is 3. The van der Waals surface area contributed by atoms with Gasteiger partial charge in [-0.2, -0.15) is 0 Å². The number of pyridine rings is 2. The molecule has 6 rings (SSSR count). The van der Waals surface area contributed by atoms with Crippen LogP contribution in [0.1, 0.15) is 48.2 Å². The Kier molecular flexibility index (Phi) is 6.06. The SMILES string of the molecule is COC(=O)C12CC(NC(=O)c3ccc(-c4nnn(C)c4NC(=O)O[C@H](C)c4cccnc4Cl)nc3)(C1)C2. The highest BCUT2D eigenvalue weighted by atomic mass is 35.5. The normalized spacial score (nSPS) is 22.2. The number of ether oxygens (including phenoxy) is 2. The standard InChI is InChI=1S/C24H24ClN7O5/c1-13(15-5-4-8-26-18(15)25)37-22(35)28-19-17(30-31-32(19)2)16-7-6-14(9-27-16)20(33)29-24-10-23(11-24,12-24)21(34)36-3/h4-9,13H,10-12H2,1-3H3,(H,28,35)(H,29,33)/t13-,23?,24?/m1/s1. The fourth-order valence-corrected chi connectivity index (χ4v) is 5.33. The maximum Gasteiger partial charge on any atom is 0.413 e. The van der Waals surface area contributed by atoms with Gasteiger partial charge in [0.25, 0.3) is 5.91 Å². The molecule has 0 spiro atoms. The van der Waals surface area contributed by atoms with Gasteiger partial charge in [-0.1, -0.05) is 22.9 Å². The number of esters is 1. The third kappa shape index (κ3) is 4.37. The second-order valence-corrected chi connectivity index (χ2v) is 9.79. The molecule has 0 unspecified atom stereocenters. The molecule has 3 aliphatic carbocycles. The third-order valence-corrected chi connectivity index (χ3v) is 7.17. The first-order valence-electron chi connectivity index (χ1n) is 11.5. The van der Waals surface area contributed by atoms with Crippen molar-refractivity contribution in [1.82, 2.24) is 30.3 Å². The highest BCUT2D eigenvalue weighted by Gasteiger charge is 2.73. The van der Waals surface area contributed by atoms with Crippen molar-refractivity contribution in [3.63, 3.8) is 0 Å². The van der Waals surface area contributed by atoms with Gasteiger partial charge in [-0.15, -0.1) is 5.10 Å². The predicted molar refractivity (Wildman–Crippen MR) is 130 cm³/mol. The lowest BCUT2D eigenvalue weighted by Crippen LogP contribution is -2.77. The molecule has 3 aromatic heterocycles. The maximum absolute atomic E-state index is 12.7. The Hall–Kier alpha value is -4.06. The molecule has 0 aliphatic heterocycles. The minimum Gasteiger partial charge on any atom is -0.469 e. The number of nitrogens with one attached hydrogen (secondary N) is 2. The Morgan fingerprint density at radius 3 is 2.57 bits per heavy atom. The summed E-state index contributed by atoms with van der Waals surface area (Å²) in [7, 11) is 2.99. The first-order chi connectivity index (χ1) is 17.7. The zero-order valence-corrected chi connectivity index (χ0v) is 21.1. The molecule has 13 heteroatoms. The zero-order chi connectivity index (χ0) is 26.4. The number of hydrogen-bond donors (Lipinski definition) is 2. The van der Waals surface area contributed by atoms with Crippen molar-refractivity contribution in [2.24, 2.45) is 12.5 Å². The lowest BCUT2D eigenvalue weighted by atomic mass is 9.39. The lowest BCUT2D eigenvalue weighted by molar-refractivity contribution is -0.199. The molecule has 3 fully saturated rings. The van der Waals surface area contributed by atoms with E-state index in [1.54, 1.807) is 44.4 Å². The van der Waals surface area contributed by atoms with Crippen LogP contribution in [0.2, 0.25) is 5.15 Å². The van der Waals surface area contributed by atoms with Crippen LogP contribution in [0, 0.1) is 5.41 Å². The first-order valence-corrected chi connectivity index (χ1v) is 11.9. The smallest absolute Gasteiger partial charge is 0.413 e. The molecular weight excluding hydrogens is 502 g/mol. The fourth-order valence-electron chi connectivity index (χ4n) is 5.06. The van der Waals surface area contributed by atoms with E-state index in [1.165, 1.54) is 18.0 Å². The van der Waals surface area contributed by atoms with Gasteiger partial charge >= 0.3 is 12.1 Å². The van der Waals surface area contributed by atoms with Crippen LogP contribution in [0.5, 0.6) is 0 Å². The van der Waals surface area contributed by atoms with Gasteiger partial charge in [-0.3, -0.25) is 19.9 Å². The van der Waals surface area contributed by atoms with Crippen LogP contribution in [0.3, 0.4) is 0 Å². The minimum absolute atomic E-state index is 0.220. The van der Waals surface area contributed by atoms with Gasteiger partial charge in [-0.25, -0.2) is 14.5 Å². The second kappa shape index (κ2) is 9.11. The molecule has 2 bridgehead atoms. The Balaban J connectivity index is 1.23. The van der Waals surface area contributed by atoms with Gasteiger partial charge in [0.2, 0.25) is 0 Å². The summed E-state index contributed by atoms with van der Waals surface area (Å²) in [4.78, 5) is 45.5. The summed E-state index contributed by atoms with van der Waals surface area (Å²) in [5.74, 6) is -0.232. The van der Waals surface area contributed by atoms with Crippen molar-refractivity contribution in [2.75, 3.05) is 12.4 Å². The Labute approximate surface area is 216 Å². The minimum atomic E-state index is -0.738. The third-order valence-electron chi connectivity index (χ3n) is 6.85. The van der Waals surface area contributed by atoms with E-state index in [1.807, 2.05) is 0 Å². The molecule has 2 amide bonds. The van der Waals surface area contributed by atoms with Gasteiger partial charge in [0, 0.05) is 30.5 Å². The van der Waals surface area contributed by atoms with Crippen molar-refractivity contribution in [3.8, 4) is 11.4 Å². The number of hydrogen-bond acceptors (Lipinski definition) is 9. The Morgan fingerprint density at radius 2 is 1.92 bits per heavy atom. The number of nitrogens with zero attached hydrogens (tertiary/aromatic N) is 5. The van der Waals surface area contributed by atoms with Crippen LogP contribution in [-0.4, -0.2) is 55.6 Å². The average molecular weight is 526 g/mol. The topological polar surface area (TPSA) is 150 Å². The molecule has 192 valence electrons. The van der Waals surface area contributed by atoms with E-state index in [0.717, 1.165) is 0 Å². The number of rotatable bonds is 7. The molecule has 12 nitrogen and oxygen atoms in total. The molecule has 0 aromatic carbocycles. The molecule has 37 heavy (non-hydrogen) atoms. The average Bonchev–Trinajstić information content (AvgIpc) is 3.19. The summed E-state index contributed by atoms with van der Waals surface area (Å²) in [6.07, 6.45) is 3.34. The van der Waals surface area contributed by atoms with Crippen LogP contribution < -0.4 is 10.6 Å². The van der Waals surface area contributed by atoms with Crippen molar-refractivity contribution in [3.05, 3.63) is 52.9 Å². The number of carbonyl (C=O) groups excluding carboxylic acids is 3. The number of halogens is 1. The van der Waals surface area contributed by atoms with E-state index in [4.69, 9.17) is 21.1 Å². The summed E-state index contributed by atoms with van der Waals surface area (Å²) in [6.45, 7) is 1.68. The van der Waals surface area contributed by atoms with Crippen molar-refractivity contribution >= 4 is 35.4 Å². The fraction of sp³-hybridized carbons (Fsp3) is 0.375. The number of aromatic nitrogens is 5.